The lowest BCUT2D eigenvalue weighted by Gasteiger charge is -2.10. The number of H-pyrrole nitrogens is 1. The molecule has 0 aliphatic heterocycles. The van der Waals surface area contributed by atoms with Crippen molar-refractivity contribution in [2.45, 2.75) is 26.7 Å². The first kappa shape index (κ1) is 14.7. The average Bonchev–Trinajstić information content (AvgIpc) is 2.36. The predicted octanol–water partition coefficient (Wildman–Crippen LogP) is 1.10. The summed E-state index contributed by atoms with van der Waals surface area (Å²) in [6.45, 7) is 7.46. The van der Waals surface area contributed by atoms with Gasteiger partial charge in [-0.15, -0.1) is 6.58 Å². The summed E-state index contributed by atoms with van der Waals surface area (Å²) in [5.41, 5.74) is 1.95. The Labute approximate surface area is 112 Å². The minimum atomic E-state index is -0.377. The van der Waals surface area contributed by atoms with Crippen LogP contribution in [0.25, 0.3) is 0 Å². The van der Waals surface area contributed by atoms with Crippen LogP contribution in [0.4, 0.5) is 0 Å². The maximum atomic E-state index is 11.6. The lowest BCUT2D eigenvalue weighted by Crippen LogP contribution is -2.24. The third-order valence-corrected chi connectivity index (χ3v) is 2.97. The van der Waals surface area contributed by atoms with Crippen LogP contribution in [0.2, 0.25) is 0 Å². The number of hydrogen-bond donors (Lipinski definition) is 2. The molecule has 0 saturated heterocycles. The lowest BCUT2D eigenvalue weighted by molar-refractivity contribution is -0.120. The van der Waals surface area contributed by atoms with Crippen molar-refractivity contribution >= 4 is 5.91 Å². The summed E-state index contributed by atoms with van der Waals surface area (Å²) >= 11 is 0. The maximum Gasteiger partial charge on any atom is 0.266 e. The Hall–Kier alpha value is -2.35. The molecule has 19 heavy (non-hydrogen) atoms. The van der Waals surface area contributed by atoms with Gasteiger partial charge in [-0.05, 0) is 31.4 Å². The Kier molecular flexibility index (Phi) is 5.07. The standard InChI is InChI=1S/C14H17N3O2/c1-4-7-16-13(18)6-5-11-9(2)12(8-15)14(19)17-10(11)3/h4H,1,5-7H2,2-3H3,(H,16,18)(H,17,19). The largest absolute Gasteiger partial charge is 0.353 e. The van der Waals surface area contributed by atoms with Gasteiger partial charge in [-0.2, -0.15) is 5.26 Å². The highest BCUT2D eigenvalue weighted by atomic mass is 16.1. The molecule has 100 valence electrons. The Balaban J connectivity index is 2.91. The number of nitrogens with zero attached hydrogens (tertiary/aromatic N) is 1. The fourth-order valence-electron chi connectivity index (χ4n) is 1.93. The molecule has 5 nitrogen and oxygen atoms in total. The van der Waals surface area contributed by atoms with Crippen molar-refractivity contribution in [1.82, 2.24) is 10.3 Å². The first-order valence-corrected chi connectivity index (χ1v) is 6.01. The molecule has 0 aromatic carbocycles. The molecule has 0 aliphatic carbocycles. The van der Waals surface area contributed by atoms with Crippen molar-refractivity contribution in [1.29, 1.82) is 5.26 Å². The molecule has 1 aromatic rings. The molecule has 0 atom stereocenters. The van der Waals surface area contributed by atoms with Crippen LogP contribution in [0.15, 0.2) is 17.4 Å². The topological polar surface area (TPSA) is 85.8 Å². The normalized spacial score (nSPS) is 9.74. The van der Waals surface area contributed by atoms with Gasteiger partial charge in [0.15, 0.2) is 0 Å². The molecule has 0 saturated carbocycles. The van der Waals surface area contributed by atoms with Gasteiger partial charge in [0.2, 0.25) is 5.91 Å². The molecule has 0 unspecified atom stereocenters. The molecule has 0 spiro atoms. The highest BCUT2D eigenvalue weighted by Gasteiger charge is 2.12. The van der Waals surface area contributed by atoms with E-state index < -0.39 is 0 Å². The molecule has 0 fully saturated rings. The molecule has 0 aliphatic rings. The zero-order valence-electron chi connectivity index (χ0n) is 11.2. The number of carbonyl (C=O) groups is 1. The van der Waals surface area contributed by atoms with Gasteiger partial charge >= 0.3 is 0 Å². The van der Waals surface area contributed by atoms with E-state index >= 15 is 0 Å². The minimum Gasteiger partial charge on any atom is -0.353 e. The lowest BCUT2D eigenvalue weighted by atomic mass is 9.99. The van der Waals surface area contributed by atoms with Gasteiger partial charge < -0.3 is 10.3 Å². The number of aryl methyl sites for hydroxylation is 1. The maximum absolute atomic E-state index is 11.6. The number of rotatable bonds is 5. The van der Waals surface area contributed by atoms with E-state index in [4.69, 9.17) is 5.26 Å². The minimum absolute atomic E-state index is 0.0802. The van der Waals surface area contributed by atoms with Gasteiger partial charge in [0.1, 0.15) is 11.6 Å². The van der Waals surface area contributed by atoms with E-state index in [0.29, 0.717) is 30.6 Å². The number of amides is 1. The van der Waals surface area contributed by atoms with Crippen LogP contribution in [0.5, 0.6) is 0 Å². The van der Waals surface area contributed by atoms with Gasteiger partial charge in [0.05, 0.1) is 0 Å². The molecule has 0 radical (unpaired) electrons. The number of carbonyl (C=O) groups excluding carboxylic acids is 1. The molecule has 1 heterocycles. The van der Waals surface area contributed by atoms with Crippen LogP contribution in [-0.4, -0.2) is 17.4 Å². The third kappa shape index (κ3) is 3.55. The van der Waals surface area contributed by atoms with Gasteiger partial charge in [-0.25, -0.2) is 0 Å². The van der Waals surface area contributed by atoms with Crippen LogP contribution < -0.4 is 10.9 Å². The first-order chi connectivity index (χ1) is 9.01. The zero-order chi connectivity index (χ0) is 14.4. The van der Waals surface area contributed by atoms with Gasteiger partial charge in [0, 0.05) is 18.7 Å². The highest BCUT2D eigenvalue weighted by Crippen LogP contribution is 2.14. The van der Waals surface area contributed by atoms with E-state index in [1.54, 1.807) is 19.9 Å². The Morgan fingerprint density at radius 3 is 2.79 bits per heavy atom. The molecule has 1 amide bonds. The molecule has 2 N–H and O–H groups in total. The first-order valence-electron chi connectivity index (χ1n) is 6.01. The summed E-state index contributed by atoms with van der Waals surface area (Å²) in [6, 6.07) is 1.90. The fraction of sp³-hybridized carbons (Fsp3) is 0.357. The van der Waals surface area contributed by atoms with Gasteiger partial charge in [0.25, 0.3) is 5.56 Å². The summed E-state index contributed by atoms with van der Waals surface area (Å²) in [5.74, 6) is -0.0802. The van der Waals surface area contributed by atoms with Crippen molar-refractivity contribution in [3.8, 4) is 6.07 Å². The number of nitrogens with one attached hydrogen (secondary N) is 2. The van der Waals surface area contributed by atoms with Crippen LogP contribution in [-0.2, 0) is 11.2 Å². The molecular weight excluding hydrogens is 242 g/mol. The van der Waals surface area contributed by atoms with E-state index in [9.17, 15) is 9.59 Å². The second kappa shape index (κ2) is 6.55. The smallest absolute Gasteiger partial charge is 0.266 e. The van der Waals surface area contributed by atoms with Crippen molar-refractivity contribution in [2.24, 2.45) is 0 Å². The predicted molar refractivity (Wildman–Crippen MR) is 72.8 cm³/mol. The van der Waals surface area contributed by atoms with Crippen molar-refractivity contribution in [3.05, 3.63) is 45.4 Å². The average molecular weight is 259 g/mol. The number of pyridine rings is 1. The Morgan fingerprint density at radius 1 is 1.53 bits per heavy atom. The summed E-state index contributed by atoms with van der Waals surface area (Å²) < 4.78 is 0. The fourth-order valence-corrected chi connectivity index (χ4v) is 1.93. The van der Waals surface area contributed by atoms with E-state index in [2.05, 4.69) is 16.9 Å². The SMILES string of the molecule is C=CCNC(=O)CCc1c(C)[nH]c(=O)c(C#N)c1C. The molecule has 5 heteroatoms. The second-order valence-corrected chi connectivity index (χ2v) is 4.26. The van der Waals surface area contributed by atoms with Crippen LogP contribution >= 0.6 is 0 Å². The number of aromatic nitrogens is 1. The Bertz CT molecular complexity index is 594. The third-order valence-electron chi connectivity index (χ3n) is 2.97. The highest BCUT2D eigenvalue weighted by molar-refractivity contribution is 5.76. The molecule has 1 aromatic heterocycles. The number of nitriles is 1. The Morgan fingerprint density at radius 2 is 2.21 bits per heavy atom. The van der Waals surface area contributed by atoms with Crippen molar-refractivity contribution in [3.63, 3.8) is 0 Å². The van der Waals surface area contributed by atoms with Crippen molar-refractivity contribution in [2.75, 3.05) is 6.54 Å². The zero-order valence-corrected chi connectivity index (χ0v) is 11.2. The van der Waals surface area contributed by atoms with Gasteiger partial charge in [-0.3, -0.25) is 9.59 Å². The summed E-state index contributed by atoms with van der Waals surface area (Å²) in [4.78, 5) is 25.7. The molecular formula is C14H17N3O2. The quantitative estimate of drug-likeness (QED) is 0.776. The van der Waals surface area contributed by atoms with Crippen molar-refractivity contribution < 1.29 is 4.79 Å². The van der Waals surface area contributed by atoms with E-state index in [1.807, 2.05) is 6.07 Å². The van der Waals surface area contributed by atoms with E-state index in [1.165, 1.54) is 0 Å². The van der Waals surface area contributed by atoms with Crippen LogP contribution in [0.1, 0.15) is 28.8 Å². The monoisotopic (exact) mass is 259 g/mol. The molecule has 0 bridgehead atoms. The summed E-state index contributed by atoms with van der Waals surface area (Å²) in [7, 11) is 0. The van der Waals surface area contributed by atoms with E-state index in [-0.39, 0.29) is 17.0 Å². The van der Waals surface area contributed by atoms with Crippen LogP contribution in [0.3, 0.4) is 0 Å². The second-order valence-electron chi connectivity index (χ2n) is 4.26. The van der Waals surface area contributed by atoms with Crippen LogP contribution in [0, 0.1) is 25.2 Å². The molecule has 1 rings (SSSR count). The number of hydrogen-bond acceptors (Lipinski definition) is 3. The summed E-state index contributed by atoms with van der Waals surface area (Å²) in [6.07, 6.45) is 2.42. The van der Waals surface area contributed by atoms with Gasteiger partial charge in [-0.1, -0.05) is 6.08 Å². The van der Waals surface area contributed by atoms with E-state index in [0.717, 1.165) is 5.56 Å². The summed E-state index contributed by atoms with van der Waals surface area (Å²) in [5, 5.41) is 11.6. The number of aromatic amines is 1.